The predicted molar refractivity (Wildman–Crippen MR) is 53.0 cm³/mol. The van der Waals surface area contributed by atoms with Crippen molar-refractivity contribution in [2.75, 3.05) is 32.9 Å². The van der Waals surface area contributed by atoms with Crippen LogP contribution < -0.4 is 5.32 Å². The topological polar surface area (TPSA) is 30.5 Å². The number of alkyl halides is 3. The van der Waals surface area contributed by atoms with Crippen LogP contribution in [0, 0.1) is 5.92 Å². The quantitative estimate of drug-likeness (QED) is 0.626. The minimum atomic E-state index is -4.52. The summed E-state index contributed by atoms with van der Waals surface area (Å²) >= 11 is 0. The van der Waals surface area contributed by atoms with E-state index in [1.807, 2.05) is 0 Å². The van der Waals surface area contributed by atoms with Gasteiger partial charge >= 0.3 is 6.36 Å². The van der Waals surface area contributed by atoms with Crippen molar-refractivity contribution in [3.05, 3.63) is 0 Å². The van der Waals surface area contributed by atoms with Crippen molar-refractivity contribution in [1.82, 2.24) is 5.32 Å². The maximum atomic E-state index is 11.5. The maximum Gasteiger partial charge on any atom is 0.522 e. The molecule has 0 amide bonds. The molecule has 0 radical (unpaired) electrons. The highest BCUT2D eigenvalue weighted by atomic mass is 19.4. The third-order valence-corrected chi connectivity index (χ3v) is 2.24. The molecule has 1 N–H and O–H groups in total. The molecule has 0 unspecified atom stereocenters. The van der Waals surface area contributed by atoms with E-state index < -0.39 is 6.36 Å². The molecule has 0 saturated heterocycles. The first-order valence-electron chi connectivity index (χ1n) is 5.57. The lowest BCUT2D eigenvalue weighted by Gasteiger charge is -2.08. The Morgan fingerprint density at radius 1 is 1.12 bits per heavy atom. The summed E-state index contributed by atoms with van der Waals surface area (Å²) in [4.78, 5) is 0. The molecule has 0 heterocycles. The van der Waals surface area contributed by atoms with Gasteiger partial charge < -0.3 is 10.1 Å². The van der Waals surface area contributed by atoms with Crippen LogP contribution >= 0.6 is 0 Å². The SMILES string of the molecule is FC(F)(F)OCCNCCCOCC1CC1. The number of nitrogens with one attached hydrogen (secondary N) is 1. The van der Waals surface area contributed by atoms with Crippen LogP contribution in [0.5, 0.6) is 0 Å². The van der Waals surface area contributed by atoms with Gasteiger partial charge in [0, 0.05) is 19.8 Å². The van der Waals surface area contributed by atoms with Crippen LogP contribution in [0.4, 0.5) is 13.2 Å². The standard InChI is InChI=1S/C10H18F3NO2/c11-10(12,13)16-7-5-14-4-1-6-15-8-9-2-3-9/h9,14H,1-8H2. The van der Waals surface area contributed by atoms with Gasteiger partial charge in [0.25, 0.3) is 0 Å². The smallest absolute Gasteiger partial charge is 0.381 e. The number of hydrogen-bond acceptors (Lipinski definition) is 3. The van der Waals surface area contributed by atoms with E-state index in [9.17, 15) is 13.2 Å². The second-order valence-corrected chi connectivity index (χ2v) is 3.92. The van der Waals surface area contributed by atoms with Gasteiger partial charge in [0.1, 0.15) is 0 Å². The summed E-state index contributed by atoms with van der Waals surface area (Å²) < 4.78 is 43.6. The molecule has 1 aliphatic rings. The number of hydrogen-bond donors (Lipinski definition) is 1. The van der Waals surface area contributed by atoms with E-state index >= 15 is 0 Å². The van der Waals surface area contributed by atoms with Gasteiger partial charge in [-0.3, -0.25) is 4.74 Å². The summed E-state index contributed by atoms with van der Waals surface area (Å²) in [6.45, 7) is 2.03. The van der Waals surface area contributed by atoms with Crippen LogP contribution in [0.3, 0.4) is 0 Å². The Hall–Kier alpha value is -0.330. The van der Waals surface area contributed by atoms with Crippen molar-refractivity contribution in [3.8, 4) is 0 Å². The molecular formula is C10H18F3NO2. The molecule has 1 saturated carbocycles. The number of rotatable bonds is 9. The Morgan fingerprint density at radius 3 is 2.50 bits per heavy atom. The summed E-state index contributed by atoms with van der Waals surface area (Å²) in [5.41, 5.74) is 0. The van der Waals surface area contributed by atoms with Gasteiger partial charge in [-0.25, -0.2) is 0 Å². The molecule has 1 rings (SSSR count). The second-order valence-electron chi connectivity index (χ2n) is 3.92. The summed E-state index contributed by atoms with van der Waals surface area (Å²) in [7, 11) is 0. The molecule has 0 atom stereocenters. The summed E-state index contributed by atoms with van der Waals surface area (Å²) in [5.74, 6) is 0.758. The molecule has 16 heavy (non-hydrogen) atoms. The minimum absolute atomic E-state index is 0.210. The Labute approximate surface area is 93.3 Å². The minimum Gasteiger partial charge on any atom is -0.381 e. The molecule has 3 nitrogen and oxygen atoms in total. The Kier molecular flexibility index (Phi) is 6.08. The van der Waals surface area contributed by atoms with Gasteiger partial charge in [-0.1, -0.05) is 0 Å². The monoisotopic (exact) mass is 241 g/mol. The number of halogens is 3. The van der Waals surface area contributed by atoms with Gasteiger partial charge in [-0.05, 0) is 31.7 Å². The molecule has 0 bridgehead atoms. The van der Waals surface area contributed by atoms with Crippen LogP contribution in [0.15, 0.2) is 0 Å². The zero-order valence-electron chi connectivity index (χ0n) is 9.18. The van der Waals surface area contributed by atoms with Crippen LogP contribution in [-0.2, 0) is 9.47 Å². The molecule has 1 fully saturated rings. The maximum absolute atomic E-state index is 11.5. The number of ether oxygens (including phenoxy) is 2. The van der Waals surface area contributed by atoms with Crippen LogP contribution in [0.2, 0.25) is 0 Å². The zero-order valence-corrected chi connectivity index (χ0v) is 9.18. The average molecular weight is 241 g/mol. The van der Waals surface area contributed by atoms with Gasteiger partial charge in [-0.2, -0.15) is 0 Å². The van der Waals surface area contributed by atoms with E-state index in [0.29, 0.717) is 13.2 Å². The third-order valence-electron chi connectivity index (χ3n) is 2.24. The zero-order chi connectivity index (χ0) is 11.9. The van der Waals surface area contributed by atoms with E-state index in [4.69, 9.17) is 4.74 Å². The Balaban J connectivity index is 1.70. The van der Waals surface area contributed by atoms with E-state index in [0.717, 1.165) is 18.9 Å². The van der Waals surface area contributed by atoms with Gasteiger partial charge in [0.2, 0.25) is 0 Å². The van der Waals surface area contributed by atoms with Crippen LogP contribution in [0.1, 0.15) is 19.3 Å². The molecule has 6 heteroatoms. The second kappa shape index (κ2) is 7.09. The predicted octanol–water partition coefficient (Wildman–Crippen LogP) is 1.93. The van der Waals surface area contributed by atoms with Gasteiger partial charge in [0.05, 0.1) is 6.61 Å². The normalized spacial score (nSPS) is 16.7. The lowest BCUT2D eigenvalue weighted by molar-refractivity contribution is -0.323. The molecule has 0 spiro atoms. The van der Waals surface area contributed by atoms with Crippen molar-refractivity contribution in [2.45, 2.75) is 25.6 Å². The summed E-state index contributed by atoms with van der Waals surface area (Å²) in [6.07, 6.45) is -1.16. The Morgan fingerprint density at radius 2 is 1.88 bits per heavy atom. The fourth-order valence-electron chi connectivity index (χ4n) is 1.20. The van der Waals surface area contributed by atoms with Crippen LogP contribution in [-0.4, -0.2) is 39.3 Å². The van der Waals surface area contributed by atoms with E-state index in [-0.39, 0.29) is 13.2 Å². The largest absolute Gasteiger partial charge is 0.522 e. The molecular weight excluding hydrogens is 223 g/mol. The van der Waals surface area contributed by atoms with E-state index in [1.54, 1.807) is 0 Å². The van der Waals surface area contributed by atoms with E-state index in [2.05, 4.69) is 10.1 Å². The lowest BCUT2D eigenvalue weighted by atomic mass is 10.4. The molecule has 0 aromatic carbocycles. The van der Waals surface area contributed by atoms with Crippen molar-refractivity contribution >= 4 is 0 Å². The van der Waals surface area contributed by atoms with Crippen molar-refractivity contribution in [3.63, 3.8) is 0 Å². The van der Waals surface area contributed by atoms with Crippen molar-refractivity contribution < 1.29 is 22.6 Å². The summed E-state index contributed by atoms with van der Waals surface area (Å²) in [5, 5.41) is 2.86. The molecule has 0 aromatic heterocycles. The fraction of sp³-hybridized carbons (Fsp3) is 1.00. The summed E-state index contributed by atoms with van der Waals surface area (Å²) in [6, 6.07) is 0. The van der Waals surface area contributed by atoms with Crippen molar-refractivity contribution in [2.24, 2.45) is 5.92 Å². The van der Waals surface area contributed by atoms with Gasteiger partial charge in [0.15, 0.2) is 0 Å². The van der Waals surface area contributed by atoms with Crippen molar-refractivity contribution in [1.29, 1.82) is 0 Å². The van der Waals surface area contributed by atoms with Gasteiger partial charge in [-0.15, -0.1) is 13.2 Å². The molecule has 0 aromatic rings. The first-order chi connectivity index (χ1) is 7.58. The Bertz CT molecular complexity index is 183. The first-order valence-corrected chi connectivity index (χ1v) is 5.57. The lowest BCUT2D eigenvalue weighted by Crippen LogP contribution is -2.25. The van der Waals surface area contributed by atoms with Crippen LogP contribution in [0.25, 0.3) is 0 Å². The molecule has 0 aliphatic heterocycles. The molecule has 96 valence electrons. The highest BCUT2D eigenvalue weighted by Gasteiger charge is 2.28. The first kappa shape index (κ1) is 13.7. The highest BCUT2D eigenvalue weighted by molar-refractivity contribution is 4.71. The highest BCUT2D eigenvalue weighted by Crippen LogP contribution is 2.28. The average Bonchev–Trinajstić information content (AvgIpc) is 2.97. The molecule has 1 aliphatic carbocycles. The fourth-order valence-corrected chi connectivity index (χ4v) is 1.20. The third kappa shape index (κ3) is 8.94. The van der Waals surface area contributed by atoms with E-state index in [1.165, 1.54) is 12.8 Å².